The first-order chi connectivity index (χ1) is 12.9. The molecule has 0 spiro atoms. The maximum absolute atomic E-state index is 13.3. The average molecular weight is 386 g/mol. The summed E-state index contributed by atoms with van der Waals surface area (Å²) in [4.78, 5) is 15.2. The summed E-state index contributed by atoms with van der Waals surface area (Å²) < 4.78 is 25.2. The van der Waals surface area contributed by atoms with E-state index in [0.717, 1.165) is 12.8 Å². The van der Waals surface area contributed by atoms with Gasteiger partial charge in [-0.2, -0.15) is 0 Å². The highest BCUT2D eigenvalue weighted by atomic mass is 32.2. The zero-order valence-corrected chi connectivity index (χ0v) is 16.8. The number of benzene rings is 2. The van der Waals surface area contributed by atoms with Gasteiger partial charge in [0.2, 0.25) is 0 Å². The van der Waals surface area contributed by atoms with E-state index in [0.29, 0.717) is 25.1 Å². The molecule has 0 saturated carbocycles. The summed E-state index contributed by atoms with van der Waals surface area (Å²) in [5, 5.41) is 0. The first-order valence-corrected chi connectivity index (χ1v) is 11.2. The molecule has 4 nitrogen and oxygen atoms in total. The normalized spacial score (nSPS) is 20.4. The Hall–Kier alpha value is -2.14. The van der Waals surface area contributed by atoms with Crippen molar-refractivity contribution in [3.05, 3.63) is 65.7 Å². The second-order valence-corrected chi connectivity index (χ2v) is 9.65. The Kier molecular flexibility index (Phi) is 5.70. The Labute approximate surface area is 162 Å². The van der Waals surface area contributed by atoms with Crippen molar-refractivity contribution in [2.24, 2.45) is 0 Å². The molecule has 27 heavy (non-hydrogen) atoms. The van der Waals surface area contributed by atoms with Crippen LogP contribution in [0.15, 0.2) is 59.5 Å². The Morgan fingerprint density at radius 1 is 1.07 bits per heavy atom. The number of sulfone groups is 1. The van der Waals surface area contributed by atoms with E-state index in [1.807, 2.05) is 30.0 Å². The van der Waals surface area contributed by atoms with Crippen LogP contribution in [-0.2, 0) is 15.3 Å². The van der Waals surface area contributed by atoms with E-state index < -0.39 is 9.84 Å². The zero-order valence-electron chi connectivity index (χ0n) is 16.0. The van der Waals surface area contributed by atoms with Crippen LogP contribution in [0, 0.1) is 0 Å². The first kappa shape index (κ1) is 19.6. The van der Waals surface area contributed by atoms with Gasteiger partial charge in [-0.05, 0) is 37.0 Å². The molecule has 3 rings (SSSR count). The quantitative estimate of drug-likeness (QED) is 0.780. The minimum Gasteiger partial charge on any atom is -0.338 e. The van der Waals surface area contributed by atoms with Crippen LogP contribution in [0.5, 0.6) is 0 Å². The zero-order chi connectivity index (χ0) is 19.5. The van der Waals surface area contributed by atoms with Crippen LogP contribution in [0.4, 0.5) is 0 Å². The summed E-state index contributed by atoms with van der Waals surface area (Å²) in [6, 6.07) is 16.9. The number of piperidine rings is 1. The fourth-order valence-corrected chi connectivity index (χ4v) is 5.49. The van der Waals surface area contributed by atoms with Crippen molar-refractivity contribution >= 4 is 15.7 Å². The number of nitrogens with zero attached hydrogens (tertiary/aromatic N) is 1. The summed E-state index contributed by atoms with van der Waals surface area (Å²) in [7, 11) is -3.45. The second kappa shape index (κ2) is 7.85. The van der Waals surface area contributed by atoms with Gasteiger partial charge in [0.15, 0.2) is 9.84 Å². The summed E-state index contributed by atoms with van der Waals surface area (Å²) in [5.41, 5.74) is 1.39. The lowest BCUT2D eigenvalue weighted by Crippen LogP contribution is -2.47. The minimum atomic E-state index is -3.45. The lowest BCUT2D eigenvalue weighted by molar-refractivity contribution is 0.0647. The van der Waals surface area contributed by atoms with Gasteiger partial charge in [-0.3, -0.25) is 4.79 Å². The fraction of sp³-hybridized carbons (Fsp3) is 0.409. The molecule has 1 amide bonds. The number of carbonyl (C=O) groups excluding carboxylic acids is 1. The van der Waals surface area contributed by atoms with E-state index in [9.17, 15) is 13.2 Å². The third-order valence-corrected chi connectivity index (χ3v) is 7.35. The summed E-state index contributed by atoms with van der Waals surface area (Å²) in [6.45, 7) is 5.26. The highest BCUT2D eigenvalue weighted by molar-refractivity contribution is 7.91. The lowest BCUT2D eigenvalue weighted by Gasteiger charge is -2.41. The van der Waals surface area contributed by atoms with Gasteiger partial charge in [-0.15, -0.1) is 0 Å². The molecule has 0 radical (unpaired) electrons. The van der Waals surface area contributed by atoms with Crippen LogP contribution in [0.25, 0.3) is 0 Å². The van der Waals surface area contributed by atoms with Gasteiger partial charge in [-0.25, -0.2) is 8.42 Å². The highest BCUT2D eigenvalue weighted by Crippen LogP contribution is 2.34. The van der Waals surface area contributed by atoms with Crippen molar-refractivity contribution < 1.29 is 13.2 Å². The third kappa shape index (κ3) is 4.08. The standard InChI is InChI=1S/C22H27NO3S/c1-3-16-27(25,26)20-13-8-7-12-19(20)21(24)23-15-9-14-22(2,17-23)18-10-5-4-6-11-18/h4-8,10-13H,3,9,14-17H2,1-2H3. The number of carbonyl (C=O) groups is 1. The van der Waals surface area contributed by atoms with Gasteiger partial charge in [-0.1, -0.05) is 56.3 Å². The molecule has 0 aromatic heterocycles. The van der Waals surface area contributed by atoms with Crippen molar-refractivity contribution in [3.63, 3.8) is 0 Å². The van der Waals surface area contributed by atoms with Crippen molar-refractivity contribution in [2.75, 3.05) is 18.8 Å². The van der Waals surface area contributed by atoms with Gasteiger partial charge >= 0.3 is 0 Å². The number of hydrogen-bond acceptors (Lipinski definition) is 3. The first-order valence-electron chi connectivity index (χ1n) is 9.54. The van der Waals surface area contributed by atoms with Crippen LogP contribution in [0.2, 0.25) is 0 Å². The van der Waals surface area contributed by atoms with E-state index in [-0.39, 0.29) is 22.0 Å². The monoisotopic (exact) mass is 385 g/mol. The van der Waals surface area contributed by atoms with Crippen LogP contribution in [0.1, 0.15) is 49.0 Å². The number of hydrogen-bond donors (Lipinski definition) is 0. The van der Waals surface area contributed by atoms with Crippen molar-refractivity contribution in [1.82, 2.24) is 4.90 Å². The molecule has 0 aliphatic carbocycles. The molecule has 0 N–H and O–H groups in total. The Bertz CT molecular complexity index is 908. The number of likely N-dealkylation sites (tertiary alicyclic amines) is 1. The van der Waals surface area contributed by atoms with E-state index >= 15 is 0 Å². The minimum absolute atomic E-state index is 0.0546. The second-order valence-electron chi connectivity index (χ2n) is 7.57. The summed E-state index contributed by atoms with van der Waals surface area (Å²) in [5.74, 6) is -0.133. The molecular formula is C22H27NO3S. The maximum Gasteiger partial charge on any atom is 0.255 e. The molecule has 1 heterocycles. The molecule has 144 valence electrons. The molecule has 1 saturated heterocycles. The molecule has 1 aliphatic rings. The van der Waals surface area contributed by atoms with Gasteiger partial charge in [0.1, 0.15) is 0 Å². The largest absolute Gasteiger partial charge is 0.338 e. The molecule has 1 aliphatic heterocycles. The molecule has 1 unspecified atom stereocenters. The van der Waals surface area contributed by atoms with Crippen LogP contribution < -0.4 is 0 Å². The van der Waals surface area contributed by atoms with Crippen molar-refractivity contribution in [2.45, 2.75) is 43.4 Å². The van der Waals surface area contributed by atoms with Gasteiger partial charge in [0.05, 0.1) is 16.2 Å². The van der Waals surface area contributed by atoms with Crippen LogP contribution in [0.3, 0.4) is 0 Å². The average Bonchev–Trinajstić information content (AvgIpc) is 2.68. The SMILES string of the molecule is CCCS(=O)(=O)c1ccccc1C(=O)N1CCCC(C)(c2ccccc2)C1. The van der Waals surface area contributed by atoms with Crippen molar-refractivity contribution in [1.29, 1.82) is 0 Å². The Morgan fingerprint density at radius 2 is 1.74 bits per heavy atom. The van der Waals surface area contributed by atoms with Gasteiger partial charge in [0.25, 0.3) is 5.91 Å². The Morgan fingerprint density at radius 3 is 2.44 bits per heavy atom. The van der Waals surface area contributed by atoms with Crippen LogP contribution in [-0.4, -0.2) is 38.1 Å². The maximum atomic E-state index is 13.3. The summed E-state index contributed by atoms with van der Waals surface area (Å²) >= 11 is 0. The third-order valence-electron chi connectivity index (χ3n) is 5.38. The molecule has 2 aromatic rings. The number of rotatable bonds is 5. The molecule has 1 fully saturated rings. The summed E-state index contributed by atoms with van der Waals surface area (Å²) in [6.07, 6.45) is 2.44. The topological polar surface area (TPSA) is 54.5 Å². The molecule has 0 bridgehead atoms. The van der Waals surface area contributed by atoms with Crippen LogP contribution >= 0.6 is 0 Å². The smallest absolute Gasteiger partial charge is 0.255 e. The highest BCUT2D eigenvalue weighted by Gasteiger charge is 2.36. The number of amides is 1. The predicted molar refractivity (Wildman–Crippen MR) is 108 cm³/mol. The molecule has 1 atom stereocenters. The molecule has 2 aromatic carbocycles. The van der Waals surface area contributed by atoms with Crippen molar-refractivity contribution in [3.8, 4) is 0 Å². The van der Waals surface area contributed by atoms with Gasteiger partial charge < -0.3 is 4.90 Å². The van der Waals surface area contributed by atoms with E-state index in [4.69, 9.17) is 0 Å². The van der Waals surface area contributed by atoms with E-state index in [1.54, 1.807) is 24.3 Å². The molecular weight excluding hydrogens is 358 g/mol. The lowest BCUT2D eigenvalue weighted by atomic mass is 9.76. The fourth-order valence-electron chi connectivity index (χ4n) is 3.95. The van der Waals surface area contributed by atoms with E-state index in [1.165, 1.54) is 5.56 Å². The Balaban J connectivity index is 1.91. The van der Waals surface area contributed by atoms with E-state index in [2.05, 4.69) is 19.1 Å². The van der Waals surface area contributed by atoms with Gasteiger partial charge in [0, 0.05) is 18.5 Å². The molecule has 5 heteroatoms. The predicted octanol–water partition coefficient (Wildman–Crippen LogP) is 4.06.